The second-order valence-electron chi connectivity index (χ2n) is 5.23. The van der Waals surface area contributed by atoms with Crippen molar-refractivity contribution >= 4 is 5.91 Å². The number of hydrogen-bond donors (Lipinski definition) is 0. The molecular formula is C14H16N4O3. The van der Waals surface area contributed by atoms with Crippen molar-refractivity contribution in [1.82, 2.24) is 19.6 Å². The van der Waals surface area contributed by atoms with E-state index in [-0.39, 0.29) is 18.0 Å². The van der Waals surface area contributed by atoms with Gasteiger partial charge >= 0.3 is 0 Å². The Kier molecular flexibility index (Phi) is 3.32. The molecule has 110 valence electrons. The molecule has 0 atom stereocenters. The Labute approximate surface area is 121 Å². The topological polar surface area (TPSA) is 81.2 Å². The van der Waals surface area contributed by atoms with Gasteiger partial charge in [-0.25, -0.2) is 4.98 Å². The van der Waals surface area contributed by atoms with Crippen LogP contribution in [0, 0.1) is 13.8 Å². The molecule has 0 unspecified atom stereocenters. The quantitative estimate of drug-likeness (QED) is 0.800. The highest BCUT2D eigenvalue weighted by molar-refractivity contribution is 5.76. The smallest absolute Gasteiger partial charge is 0.256 e. The van der Waals surface area contributed by atoms with Crippen LogP contribution in [0.3, 0.4) is 0 Å². The van der Waals surface area contributed by atoms with Crippen LogP contribution in [0.15, 0.2) is 21.8 Å². The number of carbonyl (C=O) groups is 1. The molecule has 2 aromatic heterocycles. The van der Waals surface area contributed by atoms with Crippen LogP contribution in [0.4, 0.5) is 0 Å². The predicted molar refractivity (Wildman–Crippen MR) is 73.6 cm³/mol. The molecule has 0 aliphatic carbocycles. The number of carbonyl (C=O) groups excluding carboxylic acids is 1. The zero-order chi connectivity index (χ0) is 15.0. The highest BCUT2D eigenvalue weighted by Crippen LogP contribution is 2.18. The average Bonchev–Trinajstić information content (AvgIpc) is 2.95. The highest BCUT2D eigenvalue weighted by Gasteiger charge is 2.23. The van der Waals surface area contributed by atoms with E-state index in [2.05, 4.69) is 10.1 Å². The molecule has 0 spiro atoms. The Morgan fingerprint density at radius 2 is 2.24 bits per heavy atom. The van der Waals surface area contributed by atoms with Gasteiger partial charge in [-0.1, -0.05) is 5.16 Å². The van der Waals surface area contributed by atoms with Gasteiger partial charge in [0, 0.05) is 29.8 Å². The number of aryl methyl sites for hydroxylation is 1. The van der Waals surface area contributed by atoms with Crippen molar-refractivity contribution in [2.75, 3.05) is 6.54 Å². The Bertz CT molecular complexity index is 747. The molecule has 2 aromatic rings. The van der Waals surface area contributed by atoms with Crippen molar-refractivity contribution in [3.05, 3.63) is 45.5 Å². The third kappa shape index (κ3) is 2.46. The molecule has 0 fully saturated rings. The number of nitrogens with zero attached hydrogens (tertiary/aromatic N) is 4. The molecule has 3 rings (SSSR count). The summed E-state index contributed by atoms with van der Waals surface area (Å²) in [6.45, 7) is 4.56. The summed E-state index contributed by atoms with van der Waals surface area (Å²) in [6, 6.07) is 0. The van der Waals surface area contributed by atoms with Crippen LogP contribution in [0.1, 0.15) is 22.6 Å². The van der Waals surface area contributed by atoms with Crippen molar-refractivity contribution in [2.45, 2.75) is 33.4 Å². The predicted octanol–water partition coefficient (Wildman–Crippen LogP) is 0.433. The first-order valence-electron chi connectivity index (χ1n) is 6.79. The molecular weight excluding hydrogens is 272 g/mol. The molecule has 0 bridgehead atoms. The van der Waals surface area contributed by atoms with Gasteiger partial charge in [-0.3, -0.25) is 14.2 Å². The van der Waals surface area contributed by atoms with E-state index < -0.39 is 0 Å². The highest BCUT2D eigenvalue weighted by atomic mass is 16.5. The second-order valence-corrected chi connectivity index (χ2v) is 5.23. The van der Waals surface area contributed by atoms with Gasteiger partial charge in [0.05, 0.1) is 19.1 Å². The first kappa shape index (κ1) is 13.5. The fraction of sp³-hybridized carbons (Fsp3) is 0.429. The Balaban J connectivity index is 1.76. The zero-order valence-corrected chi connectivity index (χ0v) is 12.0. The summed E-state index contributed by atoms with van der Waals surface area (Å²) in [5.41, 5.74) is 2.03. The van der Waals surface area contributed by atoms with E-state index in [1.54, 1.807) is 24.9 Å². The lowest BCUT2D eigenvalue weighted by Gasteiger charge is -2.25. The summed E-state index contributed by atoms with van der Waals surface area (Å²) < 4.78 is 6.45. The van der Waals surface area contributed by atoms with Crippen molar-refractivity contribution in [2.24, 2.45) is 0 Å². The van der Waals surface area contributed by atoms with E-state index >= 15 is 0 Å². The lowest BCUT2D eigenvalue weighted by Crippen LogP contribution is -2.39. The summed E-state index contributed by atoms with van der Waals surface area (Å²) >= 11 is 0. The van der Waals surface area contributed by atoms with Crippen LogP contribution in [0.5, 0.6) is 0 Å². The van der Waals surface area contributed by atoms with Gasteiger partial charge in [0.15, 0.2) is 0 Å². The number of fused-ring (bicyclic) bond motifs is 1. The maximum atomic E-state index is 12.3. The molecule has 1 amide bonds. The minimum Gasteiger partial charge on any atom is -0.361 e. The van der Waals surface area contributed by atoms with E-state index in [0.29, 0.717) is 30.8 Å². The molecule has 0 saturated heterocycles. The second kappa shape index (κ2) is 5.16. The van der Waals surface area contributed by atoms with Gasteiger partial charge in [0.1, 0.15) is 12.3 Å². The van der Waals surface area contributed by atoms with Gasteiger partial charge in [-0.15, -0.1) is 0 Å². The minimum atomic E-state index is -0.168. The lowest BCUT2D eigenvalue weighted by atomic mass is 10.1. The summed E-state index contributed by atoms with van der Waals surface area (Å²) in [7, 11) is 0. The normalized spacial score (nSPS) is 14.1. The van der Waals surface area contributed by atoms with E-state index in [1.807, 2.05) is 0 Å². The van der Waals surface area contributed by atoms with Gasteiger partial charge in [0.25, 0.3) is 5.56 Å². The van der Waals surface area contributed by atoms with E-state index in [9.17, 15) is 9.59 Å². The summed E-state index contributed by atoms with van der Waals surface area (Å²) in [5.74, 6) is 0.734. The van der Waals surface area contributed by atoms with E-state index in [0.717, 1.165) is 11.3 Å². The average molecular weight is 288 g/mol. The Hall–Kier alpha value is -2.44. The largest absolute Gasteiger partial charge is 0.361 e. The van der Waals surface area contributed by atoms with Crippen LogP contribution < -0.4 is 5.56 Å². The number of hydrogen-bond acceptors (Lipinski definition) is 5. The molecule has 1 aliphatic heterocycles. The molecule has 7 heteroatoms. The van der Waals surface area contributed by atoms with Gasteiger partial charge in [-0.2, -0.15) is 0 Å². The maximum Gasteiger partial charge on any atom is 0.256 e. The lowest BCUT2D eigenvalue weighted by molar-refractivity contribution is -0.132. The molecule has 0 radical (unpaired) electrons. The van der Waals surface area contributed by atoms with Crippen LogP contribution in [-0.4, -0.2) is 32.1 Å². The molecule has 21 heavy (non-hydrogen) atoms. The molecule has 7 nitrogen and oxygen atoms in total. The van der Waals surface area contributed by atoms with Crippen molar-refractivity contribution < 1.29 is 9.32 Å². The Morgan fingerprint density at radius 1 is 1.43 bits per heavy atom. The SMILES string of the molecule is Cc1ncn(CC(=O)N2CCc3oncc3C2)c(=O)c1C. The van der Waals surface area contributed by atoms with Crippen molar-refractivity contribution in [1.29, 1.82) is 0 Å². The summed E-state index contributed by atoms with van der Waals surface area (Å²) in [4.78, 5) is 30.3. The molecule has 0 saturated carbocycles. The Morgan fingerprint density at radius 3 is 3.05 bits per heavy atom. The zero-order valence-electron chi connectivity index (χ0n) is 12.0. The molecule has 3 heterocycles. The molecule has 0 N–H and O–H groups in total. The fourth-order valence-corrected chi connectivity index (χ4v) is 2.39. The van der Waals surface area contributed by atoms with Gasteiger partial charge in [0.2, 0.25) is 5.91 Å². The summed E-state index contributed by atoms with van der Waals surface area (Å²) in [6.07, 6.45) is 3.72. The van der Waals surface area contributed by atoms with E-state index in [4.69, 9.17) is 4.52 Å². The molecule has 1 aliphatic rings. The molecule has 0 aromatic carbocycles. The van der Waals surface area contributed by atoms with Gasteiger partial charge in [-0.05, 0) is 13.8 Å². The van der Waals surface area contributed by atoms with E-state index in [1.165, 1.54) is 10.9 Å². The van der Waals surface area contributed by atoms with Gasteiger partial charge < -0.3 is 9.42 Å². The van der Waals surface area contributed by atoms with Crippen molar-refractivity contribution in [3.8, 4) is 0 Å². The first-order valence-corrected chi connectivity index (χ1v) is 6.79. The minimum absolute atomic E-state index is 0.00751. The number of rotatable bonds is 2. The standard InChI is InChI=1S/C14H16N4O3/c1-9-10(2)15-8-18(14(9)20)7-13(19)17-4-3-12-11(6-17)5-16-21-12/h5,8H,3-4,6-7H2,1-2H3. The number of aromatic nitrogens is 3. The van der Waals surface area contributed by atoms with Crippen LogP contribution >= 0.6 is 0 Å². The van der Waals surface area contributed by atoms with Crippen molar-refractivity contribution in [3.63, 3.8) is 0 Å². The fourth-order valence-electron chi connectivity index (χ4n) is 2.39. The summed E-state index contributed by atoms with van der Waals surface area (Å²) in [5, 5.41) is 3.74. The van der Waals surface area contributed by atoms with Crippen LogP contribution in [0.2, 0.25) is 0 Å². The van der Waals surface area contributed by atoms with Crippen LogP contribution in [-0.2, 0) is 24.3 Å². The number of amides is 1. The third-order valence-corrected chi connectivity index (χ3v) is 3.87. The monoisotopic (exact) mass is 288 g/mol. The maximum absolute atomic E-state index is 12.3. The van der Waals surface area contributed by atoms with Crippen LogP contribution in [0.25, 0.3) is 0 Å². The first-order chi connectivity index (χ1) is 10.1. The third-order valence-electron chi connectivity index (χ3n) is 3.87.